The minimum Gasteiger partial charge on any atom is -0.360 e. The maximum atomic E-state index is 13.0. The van der Waals surface area contributed by atoms with E-state index < -0.39 is 0 Å². The van der Waals surface area contributed by atoms with Gasteiger partial charge in [0.1, 0.15) is 0 Å². The fourth-order valence-electron chi connectivity index (χ4n) is 3.91. The van der Waals surface area contributed by atoms with Crippen LogP contribution >= 0.6 is 0 Å². The molecule has 3 aromatic heterocycles. The summed E-state index contributed by atoms with van der Waals surface area (Å²) in [6.45, 7) is 3.39. The molecule has 27 heavy (non-hydrogen) atoms. The second-order valence-electron chi connectivity index (χ2n) is 7.12. The highest BCUT2D eigenvalue weighted by Gasteiger charge is 2.28. The molecule has 1 N–H and O–H groups in total. The Morgan fingerprint density at radius 2 is 1.93 bits per heavy atom. The average molecular weight is 360 g/mol. The van der Waals surface area contributed by atoms with Crippen molar-refractivity contribution in [3.63, 3.8) is 0 Å². The number of hydrogen-bond acceptors (Lipinski definition) is 4. The monoisotopic (exact) mass is 360 g/mol. The SMILES string of the molecule is Cc1ccc2nnc(C3CCN(C(=O)c4c[nH]c5ccccc45)CC3)n2n1. The van der Waals surface area contributed by atoms with E-state index in [0.717, 1.165) is 46.5 Å². The summed E-state index contributed by atoms with van der Waals surface area (Å²) in [5, 5.41) is 14.1. The molecular formula is C20H20N6O. The van der Waals surface area contributed by atoms with Crippen molar-refractivity contribution in [2.24, 2.45) is 0 Å². The third-order valence-electron chi connectivity index (χ3n) is 5.39. The Morgan fingerprint density at radius 3 is 2.78 bits per heavy atom. The molecular weight excluding hydrogens is 340 g/mol. The van der Waals surface area contributed by atoms with Crippen LogP contribution in [0.3, 0.4) is 0 Å². The molecule has 0 aliphatic carbocycles. The summed E-state index contributed by atoms with van der Waals surface area (Å²) in [5.41, 5.74) is 3.45. The number of carbonyl (C=O) groups is 1. The minimum atomic E-state index is 0.0889. The number of likely N-dealkylation sites (tertiary alicyclic amines) is 1. The zero-order chi connectivity index (χ0) is 18.4. The van der Waals surface area contributed by atoms with Crippen molar-refractivity contribution in [2.45, 2.75) is 25.7 Å². The number of fused-ring (bicyclic) bond motifs is 2. The number of aromatic amines is 1. The Balaban J connectivity index is 1.35. The van der Waals surface area contributed by atoms with Gasteiger partial charge in [0.25, 0.3) is 5.91 Å². The maximum absolute atomic E-state index is 13.0. The quantitative estimate of drug-likeness (QED) is 0.596. The lowest BCUT2D eigenvalue weighted by molar-refractivity contribution is 0.0712. The van der Waals surface area contributed by atoms with Crippen LogP contribution in [0.5, 0.6) is 0 Å². The molecule has 0 unspecified atom stereocenters. The number of nitrogens with one attached hydrogen (secondary N) is 1. The highest BCUT2D eigenvalue weighted by Crippen LogP contribution is 2.28. The first-order valence-electron chi connectivity index (χ1n) is 9.25. The third kappa shape index (κ3) is 2.66. The van der Waals surface area contributed by atoms with E-state index in [9.17, 15) is 4.79 Å². The van der Waals surface area contributed by atoms with Gasteiger partial charge in [-0.1, -0.05) is 18.2 Å². The van der Waals surface area contributed by atoms with Crippen molar-refractivity contribution in [2.75, 3.05) is 13.1 Å². The van der Waals surface area contributed by atoms with Crippen LogP contribution in [0, 0.1) is 6.92 Å². The topological polar surface area (TPSA) is 79.2 Å². The number of benzene rings is 1. The molecule has 0 spiro atoms. The zero-order valence-corrected chi connectivity index (χ0v) is 15.1. The lowest BCUT2D eigenvalue weighted by Gasteiger charge is -2.31. The first-order valence-corrected chi connectivity index (χ1v) is 9.25. The molecule has 1 aliphatic rings. The number of aromatic nitrogens is 5. The molecule has 1 saturated heterocycles. The van der Waals surface area contributed by atoms with Crippen LogP contribution in [-0.2, 0) is 0 Å². The van der Waals surface area contributed by atoms with Gasteiger partial charge in [0, 0.05) is 36.1 Å². The predicted octanol–water partition coefficient (Wildman–Crippen LogP) is 2.93. The first kappa shape index (κ1) is 16.0. The molecule has 7 nitrogen and oxygen atoms in total. The fraction of sp³-hybridized carbons (Fsp3) is 0.300. The highest BCUT2D eigenvalue weighted by atomic mass is 16.2. The number of H-pyrrole nitrogens is 1. The van der Waals surface area contributed by atoms with Crippen LogP contribution < -0.4 is 0 Å². The Hall–Kier alpha value is -3.22. The summed E-state index contributed by atoms with van der Waals surface area (Å²) in [5.74, 6) is 1.25. The Morgan fingerprint density at radius 1 is 1.11 bits per heavy atom. The van der Waals surface area contributed by atoms with E-state index in [2.05, 4.69) is 20.3 Å². The lowest BCUT2D eigenvalue weighted by atomic mass is 9.95. The van der Waals surface area contributed by atoms with Gasteiger partial charge in [0.05, 0.1) is 11.3 Å². The molecule has 1 aromatic carbocycles. The molecule has 4 aromatic rings. The highest BCUT2D eigenvalue weighted by molar-refractivity contribution is 6.06. The first-order chi connectivity index (χ1) is 13.2. The van der Waals surface area contributed by atoms with Gasteiger partial charge in [0.15, 0.2) is 11.5 Å². The molecule has 1 aliphatic heterocycles. The summed E-state index contributed by atoms with van der Waals surface area (Å²) in [7, 11) is 0. The van der Waals surface area contributed by atoms with E-state index in [0.29, 0.717) is 13.1 Å². The number of rotatable bonds is 2. The maximum Gasteiger partial charge on any atom is 0.256 e. The molecule has 7 heteroatoms. The van der Waals surface area contributed by atoms with Crippen molar-refractivity contribution >= 4 is 22.5 Å². The number of carbonyl (C=O) groups excluding carboxylic acids is 1. The molecule has 136 valence electrons. The molecule has 0 radical (unpaired) electrons. The third-order valence-corrected chi connectivity index (χ3v) is 5.39. The second kappa shape index (κ2) is 6.19. The number of para-hydroxylation sites is 1. The molecule has 0 bridgehead atoms. The predicted molar refractivity (Wildman–Crippen MR) is 102 cm³/mol. The van der Waals surface area contributed by atoms with Crippen molar-refractivity contribution in [3.05, 3.63) is 59.7 Å². The summed E-state index contributed by atoms with van der Waals surface area (Å²) < 4.78 is 1.84. The van der Waals surface area contributed by atoms with E-state index in [4.69, 9.17) is 0 Å². The Kier molecular flexibility index (Phi) is 3.67. The van der Waals surface area contributed by atoms with E-state index in [1.807, 2.05) is 58.9 Å². The van der Waals surface area contributed by atoms with Gasteiger partial charge >= 0.3 is 0 Å². The molecule has 1 amide bonds. The standard InChI is InChI=1S/C20H20N6O/c1-13-6-7-18-22-23-19(26(18)24-13)14-8-10-25(11-9-14)20(27)16-12-21-17-5-3-2-4-15(16)17/h2-7,12,14,21H,8-11H2,1H3. The number of nitrogens with zero attached hydrogens (tertiary/aromatic N) is 5. The molecule has 4 heterocycles. The normalized spacial score (nSPS) is 15.7. The fourth-order valence-corrected chi connectivity index (χ4v) is 3.91. The number of amides is 1. The van der Waals surface area contributed by atoms with Gasteiger partial charge < -0.3 is 9.88 Å². The van der Waals surface area contributed by atoms with Gasteiger partial charge in [-0.2, -0.15) is 9.61 Å². The summed E-state index contributed by atoms with van der Waals surface area (Å²) in [4.78, 5) is 18.1. The summed E-state index contributed by atoms with van der Waals surface area (Å²) in [6.07, 6.45) is 3.55. The second-order valence-corrected chi connectivity index (χ2v) is 7.12. The van der Waals surface area contributed by atoms with Crippen LogP contribution in [0.1, 0.15) is 40.6 Å². The van der Waals surface area contributed by atoms with Crippen molar-refractivity contribution in [1.82, 2.24) is 29.7 Å². The average Bonchev–Trinajstić information content (AvgIpc) is 3.31. The Labute approximate surface area is 156 Å². The van der Waals surface area contributed by atoms with Gasteiger partial charge in [-0.05, 0) is 38.0 Å². The van der Waals surface area contributed by atoms with Gasteiger partial charge in [0.2, 0.25) is 0 Å². The van der Waals surface area contributed by atoms with Gasteiger partial charge in [-0.25, -0.2) is 0 Å². The van der Waals surface area contributed by atoms with Gasteiger partial charge in [-0.15, -0.1) is 10.2 Å². The zero-order valence-electron chi connectivity index (χ0n) is 15.1. The summed E-state index contributed by atoms with van der Waals surface area (Å²) >= 11 is 0. The van der Waals surface area contributed by atoms with Crippen LogP contribution in [0.4, 0.5) is 0 Å². The smallest absolute Gasteiger partial charge is 0.256 e. The molecule has 5 rings (SSSR count). The number of aryl methyl sites for hydroxylation is 1. The molecule has 1 fully saturated rings. The van der Waals surface area contributed by atoms with E-state index in [1.165, 1.54) is 0 Å². The van der Waals surface area contributed by atoms with E-state index >= 15 is 0 Å². The van der Waals surface area contributed by atoms with Crippen LogP contribution in [0.15, 0.2) is 42.6 Å². The van der Waals surface area contributed by atoms with E-state index in [-0.39, 0.29) is 11.8 Å². The molecule has 0 saturated carbocycles. The number of hydrogen-bond donors (Lipinski definition) is 1. The van der Waals surface area contributed by atoms with Crippen molar-refractivity contribution in [3.8, 4) is 0 Å². The Bertz CT molecular complexity index is 1140. The largest absolute Gasteiger partial charge is 0.360 e. The summed E-state index contributed by atoms with van der Waals surface area (Å²) in [6, 6.07) is 11.8. The van der Waals surface area contributed by atoms with Crippen molar-refractivity contribution in [1.29, 1.82) is 0 Å². The molecule has 0 atom stereocenters. The number of piperidine rings is 1. The van der Waals surface area contributed by atoms with E-state index in [1.54, 1.807) is 0 Å². The minimum absolute atomic E-state index is 0.0889. The lowest BCUT2D eigenvalue weighted by Crippen LogP contribution is -2.38. The van der Waals surface area contributed by atoms with Crippen molar-refractivity contribution < 1.29 is 4.79 Å². The van der Waals surface area contributed by atoms with Crippen LogP contribution in [-0.4, -0.2) is 48.7 Å². The van der Waals surface area contributed by atoms with Crippen LogP contribution in [0.2, 0.25) is 0 Å². The van der Waals surface area contributed by atoms with Gasteiger partial charge in [-0.3, -0.25) is 4.79 Å². The van der Waals surface area contributed by atoms with Crippen LogP contribution in [0.25, 0.3) is 16.6 Å².